The number of amides is 1. The van der Waals surface area contributed by atoms with Gasteiger partial charge >= 0.3 is 0 Å². The quantitative estimate of drug-likeness (QED) is 0.397. The summed E-state index contributed by atoms with van der Waals surface area (Å²) in [6, 6.07) is 10.9. The average Bonchev–Trinajstić information content (AvgIpc) is 2.82. The number of anilines is 3. The Labute approximate surface area is 182 Å². The third kappa shape index (κ3) is 4.43. The molecule has 0 bridgehead atoms. The Hall–Kier alpha value is -4.60. The van der Waals surface area contributed by atoms with Crippen molar-refractivity contribution in [1.82, 2.24) is 25.3 Å². The Bertz CT molecular complexity index is 1240. The molecule has 4 rings (SSSR count). The van der Waals surface area contributed by atoms with Crippen LogP contribution < -0.4 is 16.0 Å². The second-order valence-corrected chi connectivity index (χ2v) is 6.67. The smallest absolute Gasteiger partial charge is 0.256 e. The summed E-state index contributed by atoms with van der Waals surface area (Å²) < 4.78 is 13.6. The van der Waals surface area contributed by atoms with Crippen LogP contribution in [0.15, 0.2) is 73.4 Å². The lowest BCUT2D eigenvalue weighted by molar-refractivity contribution is 0.0951. The first kappa shape index (κ1) is 20.7. The Kier molecular flexibility index (Phi) is 5.84. The maximum Gasteiger partial charge on any atom is 0.256 e. The van der Waals surface area contributed by atoms with Gasteiger partial charge in [-0.2, -0.15) is 0 Å². The van der Waals surface area contributed by atoms with Gasteiger partial charge in [0.05, 0.1) is 18.4 Å². The third-order valence-corrected chi connectivity index (χ3v) is 4.60. The number of nitrogens with two attached hydrogens (primary N) is 1. The molecule has 32 heavy (non-hydrogen) atoms. The molecular weight excluding hydrogens is 413 g/mol. The van der Waals surface area contributed by atoms with E-state index in [2.05, 4.69) is 25.3 Å². The Balaban J connectivity index is 1.63. The number of phenols is 1. The SMILES string of the molecule is Nc1ccc(-c2ccnc(N(CNC(=O)c3cccc(F)c3O)c3cnccn3)c2)cn1. The minimum atomic E-state index is -0.880. The van der Waals surface area contributed by atoms with Crippen molar-refractivity contribution in [2.45, 2.75) is 0 Å². The molecule has 10 heteroatoms. The highest BCUT2D eigenvalue weighted by Crippen LogP contribution is 2.26. The van der Waals surface area contributed by atoms with E-state index >= 15 is 0 Å². The number of nitrogens with one attached hydrogen (secondary N) is 1. The molecule has 1 amide bonds. The number of phenolic OH excluding ortho intramolecular Hbond substituents is 1. The molecule has 0 spiro atoms. The van der Waals surface area contributed by atoms with Gasteiger partial charge in [0.1, 0.15) is 11.6 Å². The fourth-order valence-electron chi connectivity index (χ4n) is 2.98. The molecule has 9 nitrogen and oxygen atoms in total. The summed E-state index contributed by atoms with van der Waals surface area (Å²) in [5.41, 5.74) is 7.14. The molecule has 4 aromatic rings. The van der Waals surface area contributed by atoms with Crippen molar-refractivity contribution in [3.8, 4) is 16.9 Å². The van der Waals surface area contributed by atoms with Crippen LogP contribution in [0.4, 0.5) is 21.8 Å². The zero-order valence-electron chi connectivity index (χ0n) is 16.7. The van der Waals surface area contributed by atoms with E-state index in [0.717, 1.165) is 17.2 Å². The molecule has 3 heterocycles. The molecule has 0 atom stereocenters. The van der Waals surface area contributed by atoms with E-state index in [9.17, 15) is 14.3 Å². The van der Waals surface area contributed by atoms with Crippen LogP contribution in [0.25, 0.3) is 11.1 Å². The Morgan fingerprint density at radius 1 is 1.00 bits per heavy atom. The van der Waals surface area contributed by atoms with Crippen LogP contribution in [0, 0.1) is 5.82 Å². The van der Waals surface area contributed by atoms with Gasteiger partial charge < -0.3 is 16.2 Å². The summed E-state index contributed by atoms with van der Waals surface area (Å²) in [6.45, 7) is -0.0656. The minimum absolute atomic E-state index is 0.0656. The summed E-state index contributed by atoms with van der Waals surface area (Å²) in [4.78, 5) is 31.0. The van der Waals surface area contributed by atoms with E-state index in [1.807, 2.05) is 12.1 Å². The minimum Gasteiger partial charge on any atom is -0.504 e. The first-order valence-electron chi connectivity index (χ1n) is 9.50. The number of hydrogen-bond acceptors (Lipinski definition) is 8. The van der Waals surface area contributed by atoms with Crippen molar-refractivity contribution in [1.29, 1.82) is 0 Å². The number of nitrogens with zero attached hydrogens (tertiary/aromatic N) is 5. The van der Waals surface area contributed by atoms with Gasteiger partial charge in [-0.05, 0) is 42.0 Å². The van der Waals surface area contributed by atoms with Crippen LogP contribution in [0.3, 0.4) is 0 Å². The lowest BCUT2D eigenvalue weighted by Gasteiger charge is -2.23. The maximum atomic E-state index is 13.6. The number of pyridine rings is 2. The standard InChI is InChI=1S/C22H18FN7O2/c23-17-3-1-2-16(21(17)31)22(32)29-13-30(20-12-25-8-9-27-20)19-10-14(6-7-26-19)15-4-5-18(24)28-11-15/h1-12,31H,13H2,(H2,24,28)(H,29,32). The van der Waals surface area contributed by atoms with Crippen LogP contribution in [-0.4, -0.2) is 37.6 Å². The van der Waals surface area contributed by atoms with E-state index in [1.54, 1.807) is 29.4 Å². The molecule has 0 aliphatic heterocycles. The summed E-state index contributed by atoms with van der Waals surface area (Å²) in [5, 5.41) is 12.5. The lowest BCUT2D eigenvalue weighted by atomic mass is 10.1. The molecule has 160 valence electrons. The molecule has 3 aromatic heterocycles. The van der Waals surface area contributed by atoms with Gasteiger partial charge in [0.25, 0.3) is 5.91 Å². The van der Waals surface area contributed by atoms with E-state index in [0.29, 0.717) is 17.5 Å². The number of hydrogen-bond donors (Lipinski definition) is 3. The second-order valence-electron chi connectivity index (χ2n) is 6.67. The number of halogens is 1. The van der Waals surface area contributed by atoms with Crippen molar-refractivity contribution in [2.24, 2.45) is 0 Å². The molecule has 0 aliphatic carbocycles. The summed E-state index contributed by atoms with van der Waals surface area (Å²) in [7, 11) is 0. The van der Waals surface area contributed by atoms with E-state index in [1.165, 1.54) is 30.7 Å². The monoisotopic (exact) mass is 431 g/mol. The van der Waals surface area contributed by atoms with Gasteiger partial charge in [-0.3, -0.25) is 14.7 Å². The van der Waals surface area contributed by atoms with E-state index < -0.39 is 17.5 Å². The third-order valence-electron chi connectivity index (χ3n) is 4.60. The molecule has 1 aromatic carbocycles. The van der Waals surface area contributed by atoms with Gasteiger partial charge in [0, 0.05) is 30.4 Å². The summed E-state index contributed by atoms with van der Waals surface area (Å²) in [6.07, 6.45) is 7.82. The highest BCUT2D eigenvalue weighted by atomic mass is 19.1. The predicted molar refractivity (Wildman–Crippen MR) is 116 cm³/mol. The zero-order valence-corrected chi connectivity index (χ0v) is 16.7. The summed E-state index contributed by atoms with van der Waals surface area (Å²) in [5.74, 6) is -0.941. The van der Waals surface area contributed by atoms with Gasteiger partial charge in [0.15, 0.2) is 17.4 Å². The number of para-hydroxylation sites is 1. The van der Waals surface area contributed by atoms with Crippen molar-refractivity contribution in [3.63, 3.8) is 0 Å². The van der Waals surface area contributed by atoms with Crippen molar-refractivity contribution < 1.29 is 14.3 Å². The van der Waals surface area contributed by atoms with Crippen LogP contribution >= 0.6 is 0 Å². The fourth-order valence-corrected chi connectivity index (χ4v) is 2.98. The Morgan fingerprint density at radius 2 is 1.84 bits per heavy atom. The number of aromatic hydroxyl groups is 1. The topological polar surface area (TPSA) is 130 Å². The van der Waals surface area contributed by atoms with E-state index in [-0.39, 0.29) is 12.2 Å². The second kappa shape index (κ2) is 9.04. The maximum absolute atomic E-state index is 13.6. The number of aromatic nitrogens is 4. The number of carbonyl (C=O) groups excluding carboxylic acids is 1. The molecule has 0 unspecified atom stereocenters. The van der Waals surface area contributed by atoms with Gasteiger partial charge in [-0.15, -0.1) is 0 Å². The van der Waals surface area contributed by atoms with Crippen molar-refractivity contribution >= 4 is 23.4 Å². The molecule has 0 fully saturated rings. The Morgan fingerprint density at radius 3 is 2.59 bits per heavy atom. The number of rotatable bonds is 6. The number of benzene rings is 1. The normalized spacial score (nSPS) is 10.5. The largest absolute Gasteiger partial charge is 0.504 e. The van der Waals surface area contributed by atoms with Crippen LogP contribution in [0.2, 0.25) is 0 Å². The number of carbonyl (C=O) groups is 1. The molecule has 0 radical (unpaired) electrons. The average molecular weight is 431 g/mol. The van der Waals surface area contributed by atoms with Crippen LogP contribution in [0.1, 0.15) is 10.4 Å². The van der Waals surface area contributed by atoms with Crippen molar-refractivity contribution in [3.05, 3.63) is 84.8 Å². The predicted octanol–water partition coefficient (Wildman–Crippen LogP) is 2.89. The number of nitrogen functional groups attached to an aromatic ring is 1. The van der Waals surface area contributed by atoms with Gasteiger partial charge in [-0.25, -0.2) is 19.3 Å². The first-order chi connectivity index (χ1) is 15.5. The molecular formula is C22H18FN7O2. The van der Waals surface area contributed by atoms with Crippen LogP contribution in [-0.2, 0) is 0 Å². The highest BCUT2D eigenvalue weighted by Gasteiger charge is 2.18. The molecule has 4 N–H and O–H groups in total. The first-order valence-corrected chi connectivity index (χ1v) is 9.50. The van der Waals surface area contributed by atoms with Crippen molar-refractivity contribution in [2.75, 3.05) is 17.3 Å². The molecule has 0 saturated carbocycles. The lowest BCUT2D eigenvalue weighted by Crippen LogP contribution is -2.36. The summed E-state index contributed by atoms with van der Waals surface area (Å²) >= 11 is 0. The van der Waals surface area contributed by atoms with E-state index in [4.69, 9.17) is 5.73 Å². The van der Waals surface area contributed by atoms with Gasteiger partial charge in [-0.1, -0.05) is 6.07 Å². The molecule has 0 aliphatic rings. The van der Waals surface area contributed by atoms with Crippen LogP contribution in [0.5, 0.6) is 5.75 Å². The van der Waals surface area contributed by atoms with Gasteiger partial charge in [0.2, 0.25) is 0 Å². The zero-order chi connectivity index (χ0) is 22.5. The highest BCUT2D eigenvalue weighted by molar-refractivity contribution is 5.97. The molecule has 0 saturated heterocycles. The fraction of sp³-hybridized carbons (Fsp3) is 0.0455.